The van der Waals surface area contributed by atoms with E-state index in [0.29, 0.717) is 6.54 Å². The van der Waals surface area contributed by atoms with Gasteiger partial charge in [0.15, 0.2) is 0 Å². The molecule has 0 amide bonds. The molecule has 1 aromatic carbocycles. The molecule has 0 aliphatic heterocycles. The Morgan fingerprint density at radius 3 is 2.73 bits per heavy atom. The number of nitrogens with one attached hydrogen (secondary N) is 1. The second kappa shape index (κ2) is 5.53. The van der Waals surface area contributed by atoms with Crippen LogP contribution in [0.4, 0.5) is 5.82 Å². The molecule has 0 fully saturated rings. The molecule has 15 heavy (non-hydrogen) atoms. The van der Waals surface area contributed by atoms with Crippen molar-refractivity contribution in [2.24, 2.45) is 5.73 Å². The van der Waals surface area contributed by atoms with Gasteiger partial charge in [-0.25, -0.2) is 4.98 Å². The standard InChI is InChI=1S/C11H13N3.ClH/c12-7-8-13-11-6-5-9-3-1-2-4-10(9)14-11;/h1-6H,7-8,12H2,(H,13,14);1H. The van der Waals surface area contributed by atoms with Crippen LogP contribution in [-0.2, 0) is 0 Å². The van der Waals surface area contributed by atoms with Crippen molar-refractivity contribution in [1.29, 1.82) is 0 Å². The average molecular weight is 224 g/mol. The summed E-state index contributed by atoms with van der Waals surface area (Å²) in [5.41, 5.74) is 6.41. The van der Waals surface area contributed by atoms with Gasteiger partial charge >= 0.3 is 0 Å². The van der Waals surface area contributed by atoms with E-state index in [4.69, 9.17) is 5.73 Å². The van der Waals surface area contributed by atoms with Gasteiger partial charge in [0.2, 0.25) is 0 Å². The zero-order valence-corrected chi connectivity index (χ0v) is 9.13. The molecular formula is C11H14ClN3. The number of anilines is 1. The van der Waals surface area contributed by atoms with E-state index in [-0.39, 0.29) is 12.4 Å². The van der Waals surface area contributed by atoms with E-state index >= 15 is 0 Å². The lowest BCUT2D eigenvalue weighted by Crippen LogP contribution is -2.13. The quantitative estimate of drug-likeness (QED) is 0.837. The van der Waals surface area contributed by atoms with Gasteiger partial charge in [0.05, 0.1) is 5.52 Å². The van der Waals surface area contributed by atoms with Crippen LogP contribution in [0.2, 0.25) is 0 Å². The zero-order valence-electron chi connectivity index (χ0n) is 8.31. The Hall–Kier alpha value is -1.32. The number of hydrogen-bond donors (Lipinski definition) is 2. The van der Waals surface area contributed by atoms with Gasteiger partial charge in [-0.1, -0.05) is 18.2 Å². The first kappa shape index (κ1) is 11.8. The fourth-order valence-corrected chi connectivity index (χ4v) is 1.36. The van der Waals surface area contributed by atoms with Crippen LogP contribution in [0.3, 0.4) is 0 Å². The number of nitrogens with zero attached hydrogens (tertiary/aromatic N) is 1. The molecule has 0 saturated carbocycles. The summed E-state index contributed by atoms with van der Waals surface area (Å²) < 4.78 is 0. The first-order chi connectivity index (χ1) is 6.90. The van der Waals surface area contributed by atoms with E-state index in [9.17, 15) is 0 Å². The highest BCUT2D eigenvalue weighted by atomic mass is 35.5. The van der Waals surface area contributed by atoms with Crippen molar-refractivity contribution >= 4 is 29.1 Å². The number of benzene rings is 1. The number of rotatable bonds is 3. The Labute approximate surface area is 95.1 Å². The van der Waals surface area contributed by atoms with Crippen molar-refractivity contribution in [3.05, 3.63) is 36.4 Å². The van der Waals surface area contributed by atoms with Crippen LogP contribution >= 0.6 is 12.4 Å². The maximum atomic E-state index is 5.40. The predicted molar refractivity (Wildman–Crippen MR) is 66.5 cm³/mol. The molecule has 0 aliphatic carbocycles. The molecule has 0 saturated heterocycles. The summed E-state index contributed by atoms with van der Waals surface area (Å²) in [5, 5.41) is 4.31. The molecule has 3 N–H and O–H groups in total. The van der Waals surface area contributed by atoms with Crippen molar-refractivity contribution in [1.82, 2.24) is 4.98 Å². The summed E-state index contributed by atoms with van der Waals surface area (Å²) in [6.45, 7) is 1.37. The van der Waals surface area contributed by atoms with Gasteiger partial charge < -0.3 is 11.1 Å². The van der Waals surface area contributed by atoms with Crippen LogP contribution in [0, 0.1) is 0 Å². The van der Waals surface area contributed by atoms with E-state index in [1.807, 2.05) is 24.3 Å². The van der Waals surface area contributed by atoms with Crippen LogP contribution in [0.15, 0.2) is 36.4 Å². The monoisotopic (exact) mass is 223 g/mol. The third-order valence-electron chi connectivity index (χ3n) is 2.05. The Bertz CT molecular complexity index is 431. The number of para-hydroxylation sites is 1. The largest absolute Gasteiger partial charge is 0.369 e. The fourth-order valence-electron chi connectivity index (χ4n) is 1.36. The van der Waals surface area contributed by atoms with Crippen LogP contribution < -0.4 is 11.1 Å². The van der Waals surface area contributed by atoms with E-state index in [1.165, 1.54) is 0 Å². The Balaban J connectivity index is 0.00000112. The number of fused-ring (bicyclic) bond motifs is 1. The summed E-state index contributed by atoms with van der Waals surface area (Å²) in [4.78, 5) is 4.45. The van der Waals surface area contributed by atoms with Crippen molar-refractivity contribution < 1.29 is 0 Å². The van der Waals surface area contributed by atoms with Crippen LogP contribution in [0.5, 0.6) is 0 Å². The molecule has 2 rings (SSSR count). The molecular weight excluding hydrogens is 210 g/mol. The lowest BCUT2D eigenvalue weighted by atomic mass is 10.2. The van der Waals surface area contributed by atoms with Gasteiger partial charge in [0, 0.05) is 18.5 Å². The Morgan fingerprint density at radius 1 is 1.13 bits per heavy atom. The number of hydrogen-bond acceptors (Lipinski definition) is 3. The topological polar surface area (TPSA) is 50.9 Å². The van der Waals surface area contributed by atoms with Crippen LogP contribution in [0.1, 0.15) is 0 Å². The van der Waals surface area contributed by atoms with Gasteiger partial charge in [0.1, 0.15) is 5.82 Å². The third kappa shape index (κ3) is 2.81. The van der Waals surface area contributed by atoms with Crippen molar-refractivity contribution in [3.8, 4) is 0 Å². The normalized spacial score (nSPS) is 9.67. The zero-order chi connectivity index (χ0) is 9.80. The lowest BCUT2D eigenvalue weighted by Gasteiger charge is -2.04. The number of pyridine rings is 1. The minimum atomic E-state index is 0. The van der Waals surface area contributed by atoms with E-state index in [2.05, 4.69) is 22.4 Å². The number of aromatic nitrogens is 1. The van der Waals surface area contributed by atoms with Gasteiger partial charge in [-0.3, -0.25) is 0 Å². The molecule has 0 bridgehead atoms. The van der Waals surface area contributed by atoms with Gasteiger partial charge in [-0.2, -0.15) is 0 Å². The molecule has 4 heteroatoms. The van der Waals surface area contributed by atoms with Gasteiger partial charge in [-0.15, -0.1) is 12.4 Å². The number of nitrogens with two attached hydrogens (primary N) is 1. The first-order valence-electron chi connectivity index (χ1n) is 4.70. The smallest absolute Gasteiger partial charge is 0.126 e. The summed E-state index contributed by atoms with van der Waals surface area (Å²) in [7, 11) is 0. The molecule has 0 radical (unpaired) electrons. The SMILES string of the molecule is Cl.NCCNc1ccc2ccccc2n1. The highest BCUT2D eigenvalue weighted by Gasteiger charge is 1.95. The Kier molecular flexibility index (Phi) is 4.34. The fraction of sp³-hybridized carbons (Fsp3) is 0.182. The molecule has 0 spiro atoms. The minimum absolute atomic E-state index is 0. The molecule has 1 heterocycles. The summed E-state index contributed by atoms with van der Waals surface area (Å²) >= 11 is 0. The summed E-state index contributed by atoms with van der Waals surface area (Å²) in [6.07, 6.45) is 0. The van der Waals surface area contributed by atoms with Crippen LogP contribution in [0.25, 0.3) is 10.9 Å². The van der Waals surface area contributed by atoms with Crippen molar-refractivity contribution in [2.75, 3.05) is 18.4 Å². The second-order valence-electron chi connectivity index (χ2n) is 3.10. The highest BCUT2D eigenvalue weighted by molar-refractivity contribution is 5.85. The van der Waals surface area contributed by atoms with Crippen LogP contribution in [-0.4, -0.2) is 18.1 Å². The molecule has 0 atom stereocenters. The summed E-state index contributed by atoms with van der Waals surface area (Å²) in [6, 6.07) is 12.1. The van der Waals surface area contributed by atoms with Gasteiger partial charge in [0.25, 0.3) is 0 Å². The van der Waals surface area contributed by atoms with Crippen molar-refractivity contribution in [3.63, 3.8) is 0 Å². The maximum Gasteiger partial charge on any atom is 0.126 e. The predicted octanol–water partition coefficient (Wildman–Crippen LogP) is 2.03. The number of halogens is 1. The highest BCUT2D eigenvalue weighted by Crippen LogP contribution is 2.13. The lowest BCUT2D eigenvalue weighted by molar-refractivity contribution is 1.01. The molecule has 2 aromatic rings. The van der Waals surface area contributed by atoms with E-state index < -0.39 is 0 Å². The molecule has 80 valence electrons. The first-order valence-corrected chi connectivity index (χ1v) is 4.70. The molecule has 0 unspecified atom stereocenters. The average Bonchev–Trinajstić information content (AvgIpc) is 2.26. The third-order valence-corrected chi connectivity index (χ3v) is 2.05. The van der Waals surface area contributed by atoms with Gasteiger partial charge in [-0.05, 0) is 18.2 Å². The molecule has 1 aromatic heterocycles. The Morgan fingerprint density at radius 2 is 1.93 bits per heavy atom. The molecule has 0 aliphatic rings. The summed E-state index contributed by atoms with van der Waals surface area (Å²) in [5.74, 6) is 0.883. The second-order valence-corrected chi connectivity index (χ2v) is 3.10. The molecule has 3 nitrogen and oxygen atoms in total. The minimum Gasteiger partial charge on any atom is -0.369 e. The van der Waals surface area contributed by atoms with E-state index in [0.717, 1.165) is 23.3 Å². The van der Waals surface area contributed by atoms with Crippen molar-refractivity contribution in [2.45, 2.75) is 0 Å². The maximum absolute atomic E-state index is 5.40. The van der Waals surface area contributed by atoms with E-state index in [1.54, 1.807) is 0 Å².